The van der Waals surface area contributed by atoms with Gasteiger partial charge in [-0.3, -0.25) is 4.90 Å². The molecule has 142 valence electrons. The zero-order chi connectivity index (χ0) is 17.1. The number of thiazole rings is 1. The van der Waals surface area contributed by atoms with Crippen molar-refractivity contribution in [2.45, 2.75) is 39.3 Å². The van der Waals surface area contributed by atoms with Crippen LogP contribution in [0.1, 0.15) is 35.5 Å². The lowest BCUT2D eigenvalue weighted by molar-refractivity contribution is 0.194. The molecule has 0 radical (unpaired) electrons. The number of ether oxygens (including phenoxy) is 1. The van der Waals surface area contributed by atoms with Crippen LogP contribution in [-0.2, 0) is 13.2 Å². The number of piperidine rings is 1. The number of nitrogens with one attached hydrogen (secondary N) is 1. The summed E-state index contributed by atoms with van der Waals surface area (Å²) in [5.41, 5.74) is 2.97. The van der Waals surface area contributed by atoms with Crippen molar-refractivity contribution in [1.82, 2.24) is 15.2 Å². The minimum atomic E-state index is 0. The van der Waals surface area contributed by atoms with E-state index in [1.165, 1.54) is 51.0 Å². The second-order valence-corrected chi connectivity index (χ2v) is 8.56. The van der Waals surface area contributed by atoms with Crippen LogP contribution in [0.2, 0.25) is 0 Å². The number of benzene rings is 1. The molecule has 0 amide bonds. The highest BCUT2D eigenvalue weighted by atomic mass is 35.5. The largest absolute Gasteiger partial charge is 0.487 e. The molecule has 3 heterocycles. The second-order valence-electron chi connectivity index (χ2n) is 7.50. The molecular formula is C20H28ClN3OS. The SMILES string of the molecule is Cc1nc(COc2ccc(CN3CCC4(CCNCC4)C3)cc2)cs1.Cl. The summed E-state index contributed by atoms with van der Waals surface area (Å²) in [5.74, 6) is 0.922. The van der Waals surface area contributed by atoms with E-state index in [4.69, 9.17) is 4.74 Å². The summed E-state index contributed by atoms with van der Waals surface area (Å²) >= 11 is 1.67. The minimum absolute atomic E-state index is 0. The Morgan fingerprint density at radius 1 is 1.19 bits per heavy atom. The van der Waals surface area contributed by atoms with Crippen molar-refractivity contribution in [3.05, 3.63) is 45.9 Å². The van der Waals surface area contributed by atoms with E-state index in [0.29, 0.717) is 12.0 Å². The first-order valence-electron chi connectivity index (χ1n) is 9.27. The Morgan fingerprint density at radius 2 is 1.96 bits per heavy atom. The van der Waals surface area contributed by atoms with Crippen molar-refractivity contribution in [1.29, 1.82) is 0 Å². The molecule has 26 heavy (non-hydrogen) atoms. The number of halogens is 1. The first-order valence-corrected chi connectivity index (χ1v) is 10.1. The fourth-order valence-electron chi connectivity index (χ4n) is 4.11. The number of aromatic nitrogens is 1. The number of hydrogen-bond donors (Lipinski definition) is 1. The topological polar surface area (TPSA) is 37.4 Å². The van der Waals surface area contributed by atoms with Crippen molar-refractivity contribution < 1.29 is 4.74 Å². The zero-order valence-electron chi connectivity index (χ0n) is 15.4. The molecule has 1 N–H and O–H groups in total. The van der Waals surface area contributed by atoms with Crippen molar-refractivity contribution in [2.75, 3.05) is 26.2 Å². The summed E-state index contributed by atoms with van der Waals surface area (Å²) in [6.45, 7) is 8.51. The third-order valence-corrected chi connectivity index (χ3v) is 6.39. The molecule has 0 saturated carbocycles. The van der Waals surface area contributed by atoms with Crippen LogP contribution in [0.25, 0.3) is 0 Å². The Labute approximate surface area is 166 Å². The average Bonchev–Trinajstić information content (AvgIpc) is 3.22. The highest BCUT2D eigenvalue weighted by Crippen LogP contribution is 2.39. The number of aryl methyl sites for hydroxylation is 1. The number of likely N-dealkylation sites (tertiary alicyclic amines) is 1. The van der Waals surface area contributed by atoms with Gasteiger partial charge in [-0.05, 0) is 68.9 Å². The van der Waals surface area contributed by atoms with Crippen LogP contribution < -0.4 is 10.1 Å². The molecule has 0 bridgehead atoms. The van der Waals surface area contributed by atoms with Crippen LogP contribution in [0.5, 0.6) is 5.75 Å². The molecule has 2 aromatic rings. The van der Waals surface area contributed by atoms with Crippen LogP contribution in [0.4, 0.5) is 0 Å². The van der Waals surface area contributed by atoms with Gasteiger partial charge in [-0.2, -0.15) is 0 Å². The van der Waals surface area contributed by atoms with Gasteiger partial charge < -0.3 is 10.1 Å². The molecule has 0 unspecified atom stereocenters. The number of hydrogen-bond acceptors (Lipinski definition) is 5. The van der Waals surface area contributed by atoms with Crippen LogP contribution in [0, 0.1) is 12.3 Å². The van der Waals surface area contributed by atoms with Gasteiger partial charge in [-0.15, -0.1) is 23.7 Å². The quantitative estimate of drug-likeness (QED) is 0.832. The van der Waals surface area contributed by atoms with Gasteiger partial charge in [0, 0.05) is 18.5 Å². The van der Waals surface area contributed by atoms with Gasteiger partial charge in [0.2, 0.25) is 0 Å². The Kier molecular flexibility index (Phi) is 6.56. The number of rotatable bonds is 5. The minimum Gasteiger partial charge on any atom is -0.487 e. The van der Waals surface area contributed by atoms with E-state index in [-0.39, 0.29) is 12.4 Å². The van der Waals surface area contributed by atoms with Crippen LogP contribution in [0.15, 0.2) is 29.6 Å². The molecule has 1 spiro atoms. The predicted octanol–water partition coefficient (Wildman–Crippen LogP) is 4.03. The molecule has 1 aromatic heterocycles. The molecule has 1 aromatic carbocycles. The molecule has 2 saturated heterocycles. The summed E-state index contributed by atoms with van der Waals surface area (Å²) < 4.78 is 5.84. The van der Waals surface area contributed by atoms with Gasteiger partial charge in [0.1, 0.15) is 12.4 Å². The van der Waals surface area contributed by atoms with Crippen molar-refractivity contribution in [3.8, 4) is 5.75 Å². The lowest BCUT2D eigenvalue weighted by Crippen LogP contribution is -2.38. The summed E-state index contributed by atoms with van der Waals surface area (Å²) in [6, 6.07) is 8.58. The zero-order valence-corrected chi connectivity index (χ0v) is 17.0. The maximum Gasteiger partial charge on any atom is 0.131 e. The molecular weight excluding hydrogens is 366 g/mol. The van der Waals surface area contributed by atoms with Gasteiger partial charge in [0.25, 0.3) is 0 Å². The van der Waals surface area contributed by atoms with Gasteiger partial charge in [-0.1, -0.05) is 12.1 Å². The van der Waals surface area contributed by atoms with Crippen LogP contribution in [-0.4, -0.2) is 36.1 Å². The fourth-order valence-corrected chi connectivity index (χ4v) is 4.71. The molecule has 0 atom stereocenters. The standard InChI is InChI=1S/C20H27N3OS.ClH/c1-16-22-18(14-25-16)13-24-19-4-2-17(3-5-19)12-23-11-8-20(15-23)6-9-21-10-7-20;/h2-5,14,21H,6-13,15H2,1H3;1H. The maximum absolute atomic E-state index is 5.84. The Balaban J connectivity index is 0.00000196. The summed E-state index contributed by atoms with van der Waals surface area (Å²) in [5, 5.41) is 6.65. The molecule has 4 nitrogen and oxygen atoms in total. The van der Waals surface area contributed by atoms with Crippen molar-refractivity contribution in [2.24, 2.45) is 5.41 Å². The van der Waals surface area contributed by atoms with E-state index in [1.807, 2.05) is 6.92 Å². The molecule has 6 heteroatoms. The summed E-state index contributed by atoms with van der Waals surface area (Å²) in [6.07, 6.45) is 4.04. The Bertz CT molecular complexity index is 697. The van der Waals surface area contributed by atoms with Crippen LogP contribution >= 0.6 is 23.7 Å². The molecule has 0 aliphatic carbocycles. The lowest BCUT2D eigenvalue weighted by atomic mass is 9.78. The van der Waals surface area contributed by atoms with Gasteiger partial charge >= 0.3 is 0 Å². The highest BCUT2D eigenvalue weighted by molar-refractivity contribution is 7.09. The monoisotopic (exact) mass is 393 g/mol. The van der Waals surface area contributed by atoms with Gasteiger partial charge in [-0.25, -0.2) is 4.98 Å². The third kappa shape index (κ3) is 4.77. The maximum atomic E-state index is 5.84. The summed E-state index contributed by atoms with van der Waals surface area (Å²) in [4.78, 5) is 7.06. The molecule has 2 aliphatic heterocycles. The Hall–Kier alpha value is -1.14. The van der Waals surface area contributed by atoms with E-state index in [1.54, 1.807) is 11.3 Å². The lowest BCUT2D eigenvalue weighted by Gasteiger charge is -2.33. The van der Waals surface area contributed by atoms with Crippen molar-refractivity contribution >= 4 is 23.7 Å². The van der Waals surface area contributed by atoms with E-state index >= 15 is 0 Å². The van der Waals surface area contributed by atoms with Crippen molar-refractivity contribution in [3.63, 3.8) is 0 Å². The average molecular weight is 394 g/mol. The first-order chi connectivity index (χ1) is 12.2. The molecule has 2 aliphatic rings. The number of nitrogens with zero attached hydrogens (tertiary/aromatic N) is 2. The van der Waals surface area contributed by atoms with Gasteiger partial charge in [0.05, 0.1) is 10.7 Å². The van der Waals surface area contributed by atoms with Gasteiger partial charge in [0.15, 0.2) is 0 Å². The van der Waals surface area contributed by atoms with E-state index < -0.39 is 0 Å². The third-order valence-electron chi connectivity index (χ3n) is 5.56. The fraction of sp³-hybridized carbons (Fsp3) is 0.550. The van der Waals surface area contributed by atoms with E-state index in [9.17, 15) is 0 Å². The molecule has 4 rings (SSSR count). The Morgan fingerprint density at radius 3 is 2.65 bits per heavy atom. The normalized spacial score (nSPS) is 19.4. The predicted molar refractivity (Wildman–Crippen MR) is 109 cm³/mol. The smallest absolute Gasteiger partial charge is 0.131 e. The first kappa shape index (κ1) is 19.6. The molecule has 2 fully saturated rings. The highest BCUT2D eigenvalue weighted by Gasteiger charge is 2.38. The summed E-state index contributed by atoms with van der Waals surface area (Å²) in [7, 11) is 0. The second kappa shape index (κ2) is 8.70. The van der Waals surface area contributed by atoms with Crippen LogP contribution in [0.3, 0.4) is 0 Å². The van der Waals surface area contributed by atoms with E-state index in [0.717, 1.165) is 23.0 Å². The van der Waals surface area contributed by atoms with E-state index in [2.05, 4.69) is 44.8 Å².